The summed E-state index contributed by atoms with van der Waals surface area (Å²) < 4.78 is 37.8. The van der Waals surface area contributed by atoms with Gasteiger partial charge in [-0.2, -0.15) is 0 Å². The predicted molar refractivity (Wildman–Crippen MR) is 225 cm³/mol. The Morgan fingerprint density at radius 3 is 2.38 bits per heavy atom. The second kappa shape index (κ2) is 17.6. The smallest absolute Gasteiger partial charge is 0.260 e. The van der Waals surface area contributed by atoms with Crippen LogP contribution in [0.2, 0.25) is 0 Å². The summed E-state index contributed by atoms with van der Waals surface area (Å²) in [6.45, 7) is 5.15. The van der Waals surface area contributed by atoms with E-state index in [0.29, 0.717) is 54.0 Å². The van der Waals surface area contributed by atoms with Gasteiger partial charge in [0.1, 0.15) is 29.2 Å². The van der Waals surface area contributed by atoms with E-state index in [1.807, 2.05) is 89.8 Å². The molecule has 13 nitrogen and oxygen atoms in total. The maximum Gasteiger partial charge on any atom is 0.260 e. The molecule has 2 saturated heterocycles. The SMILES string of the molecule is C=CC1CC1(NC(=O)C1C[C@@H](Oc2cc(-c3ccccc3)nc3cc(OC)ccc23)CN1C(=O)[C@@H](CC(=O)N1CCCCC1)Cc1ccccc1)C(=O)N(C1CC1)S(=O)[O-]. The van der Waals surface area contributed by atoms with E-state index >= 15 is 4.79 Å². The number of amides is 4. The number of likely N-dealkylation sites (tertiary alicyclic amines) is 2. The Labute approximate surface area is 352 Å². The lowest BCUT2D eigenvalue weighted by molar-refractivity contribution is -0.145. The molecule has 0 bridgehead atoms. The molecule has 2 aliphatic heterocycles. The molecule has 2 saturated carbocycles. The van der Waals surface area contributed by atoms with Crippen molar-refractivity contribution in [3.63, 3.8) is 0 Å². The molecule has 4 aliphatic rings. The van der Waals surface area contributed by atoms with E-state index < -0.39 is 58.6 Å². The number of aromatic nitrogens is 1. The highest BCUT2D eigenvalue weighted by atomic mass is 32.2. The van der Waals surface area contributed by atoms with Gasteiger partial charge >= 0.3 is 0 Å². The van der Waals surface area contributed by atoms with Crippen LogP contribution in [0, 0.1) is 11.8 Å². The summed E-state index contributed by atoms with van der Waals surface area (Å²) in [4.78, 5) is 65.8. The number of rotatable bonds is 15. The first-order chi connectivity index (χ1) is 29.1. The predicted octanol–water partition coefficient (Wildman–Crippen LogP) is 5.37. The van der Waals surface area contributed by atoms with Crippen molar-refractivity contribution in [1.29, 1.82) is 0 Å². The van der Waals surface area contributed by atoms with Crippen LogP contribution in [0.4, 0.5) is 0 Å². The van der Waals surface area contributed by atoms with E-state index in [4.69, 9.17) is 14.5 Å². The summed E-state index contributed by atoms with van der Waals surface area (Å²) in [5.41, 5.74) is 1.51. The summed E-state index contributed by atoms with van der Waals surface area (Å²) in [7, 11) is 1.58. The summed E-state index contributed by atoms with van der Waals surface area (Å²) in [5.74, 6) is -1.96. The first kappa shape index (κ1) is 41.1. The Morgan fingerprint density at radius 1 is 1.02 bits per heavy atom. The van der Waals surface area contributed by atoms with Crippen molar-refractivity contribution in [2.75, 3.05) is 26.7 Å². The number of benzene rings is 3. The van der Waals surface area contributed by atoms with Crippen molar-refractivity contribution in [3.05, 3.63) is 103 Å². The van der Waals surface area contributed by atoms with E-state index in [9.17, 15) is 23.1 Å². The Bertz CT molecular complexity index is 2280. The lowest BCUT2D eigenvalue weighted by Crippen LogP contribution is -2.57. The average Bonchev–Trinajstić information content (AvgIpc) is 4.20. The van der Waals surface area contributed by atoms with Gasteiger partial charge < -0.3 is 29.1 Å². The number of carbonyl (C=O) groups is 4. The molecular weight excluding hydrogens is 783 g/mol. The van der Waals surface area contributed by atoms with Crippen molar-refractivity contribution < 1.29 is 37.4 Å². The number of carbonyl (C=O) groups excluding carboxylic acids is 4. The minimum Gasteiger partial charge on any atom is -0.755 e. The number of hydrogen-bond donors (Lipinski definition) is 1. The molecule has 6 atom stereocenters. The van der Waals surface area contributed by atoms with Gasteiger partial charge in [0, 0.05) is 61.0 Å². The van der Waals surface area contributed by atoms with E-state index in [1.165, 1.54) is 4.90 Å². The van der Waals surface area contributed by atoms with Gasteiger partial charge in [0.15, 0.2) is 0 Å². The molecule has 1 aromatic heterocycles. The summed E-state index contributed by atoms with van der Waals surface area (Å²) in [6, 6.07) is 25.0. The third-order valence-corrected chi connectivity index (χ3v) is 13.0. The lowest BCUT2D eigenvalue weighted by Gasteiger charge is -2.33. The highest BCUT2D eigenvalue weighted by molar-refractivity contribution is 7.77. The number of methoxy groups -OCH3 is 1. The van der Waals surface area contributed by atoms with Gasteiger partial charge in [-0.3, -0.25) is 27.7 Å². The van der Waals surface area contributed by atoms with E-state index in [-0.39, 0.29) is 44.0 Å². The zero-order valence-corrected chi connectivity index (χ0v) is 34.5. The monoisotopic (exact) mass is 832 g/mol. The molecule has 3 aromatic carbocycles. The molecule has 4 amide bonds. The number of ether oxygens (including phenoxy) is 2. The number of fused-ring (bicyclic) bond motifs is 1. The second-order valence-corrected chi connectivity index (χ2v) is 17.2. The number of nitrogens with one attached hydrogen (secondary N) is 1. The van der Waals surface area contributed by atoms with Gasteiger partial charge in [0.25, 0.3) is 5.91 Å². The third-order valence-electron chi connectivity index (χ3n) is 12.3. The molecule has 314 valence electrons. The number of hydrogen-bond acceptors (Lipinski definition) is 9. The molecule has 60 heavy (non-hydrogen) atoms. The third kappa shape index (κ3) is 8.66. The zero-order valence-electron chi connectivity index (χ0n) is 33.7. The highest BCUT2D eigenvalue weighted by Crippen LogP contribution is 2.48. The first-order valence-electron chi connectivity index (χ1n) is 20.8. The van der Waals surface area contributed by atoms with Crippen LogP contribution in [0.5, 0.6) is 11.5 Å². The Morgan fingerprint density at radius 2 is 1.73 bits per heavy atom. The summed E-state index contributed by atoms with van der Waals surface area (Å²) in [6.07, 6.45) is 5.32. The molecule has 4 unspecified atom stereocenters. The Hall–Kier alpha value is -5.60. The van der Waals surface area contributed by atoms with Gasteiger partial charge in [-0.25, -0.2) is 4.98 Å². The van der Waals surface area contributed by atoms with E-state index in [1.54, 1.807) is 13.2 Å². The zero-order chi connectivity index (χ0) is 42.0. The second-order valence-electron chi connectivity index (χ2n) is 16.4. The molecule has 14 heteroatoms. The summed E-state index contributed by atoms with van der Waals surface area (Å²) in [5, 5.41) is 3.63. The van der Waals surface area contributed by atoms with Crippen LogP contribution in [-0.2, 0) is 36.9 Å². The molecule has 3 heterocycles. The van der Waals surface area contributed by atoms with Gasteiger partial charge in [0.05, 0.1) is 42.0 Å². The van der Waals surface area contributed by atoms with Crippen LogP contribution in [0.25, 0.3) is 22.2 Å². The fourth-order valence-electron chi connectivity index (χ4n) is 8.75. The van der Waals surface area contributed by atoms with Crippen LogP contribution in [-0.4, -0.2) is 102 Å². The van der Waals surface area contributed by atoms with Gasteiger partial charge in [-0.1, -0.05) is 66.7 Å². The standard InChI is InChI=1S/C46H51N5O8S/c1-3-33-28-46(33,45(55)51(60(56)57)34-17-18-34)48-43(53)40-26-36(59-41-27-38(31-15-9-5-10-16-31)47-39-25-35(58-2)19-20-37(39)41)29-50(40)44(54)32(23-30-13-7-4-8-14-30)24-42(52)49-21-11-6-12-22-49/h3-5,7-10,13-16,19-20,25,27,32-34,36,40H,1,6,11-12,17-18,21-24,26,28-29H2,2H3,(H,48,53)(H,56,57)/p-1/t32-,33?,36-,40?,46?/m1/s1. The van der Waals surface area contributed by atoms with Gasteiger partial charge in [-0.15, -0.1) is 6.58 Å². The van der Waals surface area contributed by atoms with Crippen LogP contribution < -0.4 is 14.8 Å². The Kier molecular flexibility index (Phi) is 12.0. The fraction of sp³-hybridized carbons (Fsp3) is 0.413. The van der Waals surface area contributed by atoms with Crippen LogP contribution in [0.1, 0.15) is 56.9 Å². The number of piperidine rings is 1. The van der Waals surface area contributed by atoms with Crippen molar-refractivity contribution in [1.82, 2.24) is 24.4 Å². The highest BCUT2D eigenvalue weighted by Gasteiger charge is 2.63. The van der Waals surface area contributed by atoms with Crippen molar-refractivity contribution in [2.24, 2.45) is 11.8 Å². The number of pyridine rings is 1. The summed E-state index contributed by atoms with van der Waals surface area (Å²) >= 11 is -2.83. The molecule has 2 aliphatic carbocycles. The topological polar surface area (TPSA) is 162 Å². The molecule has 4 fully saturated rings. The van der Waals surface area contributed by atoms with Gasteiger partial charge in [0.2, 0.25) is 17.7 Å². The molecule has 1 N–H and O–H groups in total. The molecular formula is C46H50N5O8S-. The average molecular weight is 833 g/mol. The molecule has 0 radical (unpaired) electrons. The normalized spacial score (nSPS) is 23.3. The molecule has 4 aromatic rings. The van der Waals surface area contributed by atoms with Crippen LogP contribution in [0.3, 0.4) is 0 Å². The molecule has 8 rings (SSSR count). The van der Waals surface area contributed by atoms with Crippen LogP contribution in [0.15, 0.2) is 97.6 Å². The van der Waals surface area contributed by atoms with Crippen LogP contribution >= 0.6 is 0 Å². The maximum absolute atomic E-state index is 15.1. The Balaban J connectivity index is 1.14. The first-order valence-corrected chi connectivity index (χ1v) is 21.8. The number of nitrogens with zero attached hydrogens (tertiary/aromatic N) is 4. The molecule has 0 spiro atoms. The minimum absolute atomic E-state index is 0.0192. The largest absolute Gasteiger partial charge is 0.755 e. The quantitative estimate of drug-likeness (QED) is 0.123. The van der Waals surface area contributed by atoms with Gasteiger partial charge in [-0.05, 0) is 62.6 Å². The van der Waals surface area contributed by atoms with E-state index in [0.717, 1.165) is 34.7 Å². The minimum atomic E-state index is -2.83. The van der Waals surface area contributed by atoms with Crippen molar-refractivity contribution >= 4 is 45.8 Å². The fourth-order valence-corrected chi connectivity index (χ4v) is 9.51. The maximum atomic E-state index is 15.1. The van der Waals surface area contributed by atoms with Crippen molar-refractivity contribution in [3.8, 4) is 22.8 Å². The van der Waals surface area contributed by atoms with E-state index in [2.05, 4.69) is 11.9 Å². The lowest BCUT2D eigenvalue weighted by atomic mass is 9.93. The van der Waals surface area contributed by atoms with Crippen molar-refractivity contribution in [2.45, 2.75) is 81.5 Å².